The van der Waals surface area contributed by atoms with Crippen molar-refractivity contribution in [2.45, 2.75) is 20.0 Å². The predicted molar refractivity (Wildman–Crippen MR) is 132 cm³/mol. The summed E-state index contributed by atoms with van der Waals surface area (Å²) in [4.78, 5) is 7.73. The molecule has 1 N–H and O–H groups in total. The molecule has 5 nitrogen and oxygen atoms in total. The van der Waals surface area contributed by atoms with Crippen LogP contribution in [0.1, 0.15) is 29.4 Å². The van der Waals surface area contributed by atoms with E-state index >= 15 is 0 Å². The molecule has 4 rings (SSSR count). The summed E-state index contributed by atoms with van der Waals surface area (Å²) in [6.07, 6.45) is 4.08. The highest BCUT2D eigenvalue weighted by molar-refractivity contribution is 5.90. The first-order valence-electron chi connectivity index (χ1n) is 11.0. The summed E-state index contributed by atoms with van der Waals surface area (Å²) in [5.74, 6) is 1.31. The molecule has 0 amide bonds. The lowest BCUT2D eigenvalue weighted by Gasteiger charge is -2.17. The third-order valence-electron chi connectivity index (χ3n) is 5.17. The van der Waals surface area contributed by atoms with Crippen molar-refractivity contribution in [2.75, 3.05) is 6.61 Å². The van der Waals surface area contributed by atoms with Gasteiger partial charge in [0.05, 0.1) is 23.2 Å². The van der Waals surface area contributed by atoms with Gasteiger partial charge in [-0.25, -0.2) is 9.37 Å². The van der Waals surface area contributed by atoms with Crippen molar-refractivity contribution in [1.82, 2.24) is 9.97 Å². The maximum atomic E-state index is 13.6. The third kappa shape index (κ3) is 5.16. The van der Waals surface area contributed by atoms with Gasteiger partial charge in [0.1, 0.15) is 24.3 Å². The van der Waals surface area contributed by atoms with Crippen LogP contribution < -0.4 is 9.47 Å². The highest BCUT2D eigenvalue weighted by atomic mass is 19.1. The first kappa shape index (κ1) is 22.8. The number of nitriles is 1. The van der Waals surface area contributed by atoms with Gasteiger partial charge in [-0.1, -0.05) is 30.3 Å². The van der Waals surface area contributed by atoms with Crippen molar-refractivity contribution in [1.29, 1.82) is 5.26 Å². The van der Waals surface area contributed by atoms with Crippen LogP contribution in [0.3, 0.4) is 0 Å². The van der Waals surface area contributed by atoms with Crippen molar-refractivity contribution in [3.05, 3.63) is 102 Å². The molecule has 0 bridgehead atoms. The Morgan fingerprint density at radius 1 is 1.15 bits per heavy atom. The second-order valence-corrected chi connectivity index (χ2v) is 7.62. The molecule has 0 saturated heterocycles. The Balaban J connectivity index is 1.72. The van der Waals surface area contributed by atoms with Crippen LogP contribution in [-0.2, 0) is 13.0 Å². The molecule has 3 aromatic carbocycles. The number of rotatable bonds is 9. The predicted octanol–water partition coefficient (Wildman–Crippen LogP) is 6.47. The van der Waals surface area contributed by atoms with Crippen LogP contribution in [0.2, 0.25) is 0 Å². The Labute approximate surface area is 197 Å². The van der Waals surface area contributed by atoms with E-state index in [-0.39, 0.29) is 12.4 Å². The van der Waals surface area contributed by atoms with Crippen molar-refractivity contribution in [2.24, 2.45) is 0 Å². The van der Waals surface area contributed by atoms with Crippen LogP contribution in [0, 0.1) is 17.1 Å². The topological polar surface area (TPSA) is 70.9 Å². The number of nitrogens with zero attached hydrogens (tertiary/aromatic N) is 2. The highest BCUT2D eigenvalue weighted by Crippen LogP contribution is 2.36. The molecule has 1 aromatic heterocycles. The number of aromatic amines is 1. The van der Waals surface area contributed by atoms with Crippen LogP contribution in [0.5, 0.6) is 11.5 Å². The molecule has 4 aromatic rings. The number of allylic oxidation sites excluding steroid dienone is 2. The van der Waals surface area contributed by atoms with E-state index in [1.54, 1.807) is 24.3 Å². The van der Waals surface area contributed by atoms with Crippen molar-refractivity contribution in [3.63, 3.8) is 0 Å². The molecule has 0 atom stereocenters. The molecule has 34 heavy (non-hydrogen) atoms. The zero-order valence-electron chi connectivity index (χ0n) is 18.8. The van der Waals surface area contributed by atoms with E-state index in [0.29, 0.717) is 41.5 Å². The van der Waals surface area contributed by atoms with E-state index in [1.807, 2.05) is 43.3 Å². The average Bonchev–Trinajstić information content (AvgIpc) is 3.26. The van der Waals surface area contributed by atoms with Crippen LogP contribution >= 0.6 is 0 Å². The summed E-state index contributed by atoms with van der Waals surface area (Å²) in [6.45, 7) is 6.37. The smallest absolute Gasteiger partial charge is 0.165 e. The lowest BCUT2D eigenvalue weighted by Crippen LogP contribution is -2.03. The molecule has 170 valence electrons. The van der Waals surface area contributed by atoms with Crippen LogP contribution in [-0.4, -0.2) is 16.6 Å². The fraction of sp³-hybridized carbons (Fsp3) is 0.143. The molecule has 0 aliphatic heterocycles. The normalized spacial score (nSPS) is 11.3. The van der Waals surface area contributed by atoms with E-state index in [0.717, 1.165) is 22.2 Å². The van der Waals surface area contributed by atoms with Crippen LogP contribution in [0.25, 0.3) is 22.7 Å². The zero-order chi connectivity index (χ0) is 23.9. The highest BCUT2D eigenvalue weighted by Gasteiger charge is 2.15. The lowest BCUT2D eigenvalue weighted by atomic mass is 10.0. The first-order chi connectivity index (χ1) is 16.6. The van der Waals surface area contributed by atoms with E-state index in [9.17, 15) is 9.65 Å². The number of fused-ring (bicyclic) bond motifs is 1. The van der Waals surface area contributed by atoms with Gasteiger partial charge in [0, 0.05) is 5.56 Å². The van der Waals surface area contributed by atoms with E-state index < -0.39 is 0 Å². The molecular formula is C28H24FN3O2. The summed E-state index contributed by atoms with van der Waals surface area (Å²) < 4.78 is 25.5. The Bertz CT molecular complexity index is 1370. The lowest BCUT2D eigenvalue weighted by molar-refractivity contribution is 0.267. The summed E-state index contributed by atoms with van der Waals surface area (Å²) in [5, 5.41) is 9.82. The largest absolute Gasteiger partial charge is 0.490 e. The first-order valence-corrected chi connectivity index (χ1v) is 11.0. The number of hydrogen-bond acceptors (Lipinski definition) is 4. The van der Waals surface area contributed by atoms with E-state index in [4.69, 9.17) is 9.47 Å². The number of H-pyrrole nitrogens is 1. The number of imidazole rings is 1. The fourth-order valence-electron chi connectivity index (χ4n) is 3.68. The second kappa shape index (κ2) is 10.5. The zero-order valence-corrected chi connectivity index (χ0v) is 18.8. The molecule has 0 aliphatic carbocycles. The number of ether oxygens (including phenoxy) is 2. The summed E-state index contributed by atoms with van der Waals surface area (Å²) in [5.41, 5.74) is 4.40. The van der Waals surface area contributed by atoms with Crippen LogP contribution in [0.15, 0.2) is 73.3 Å². The molecule has 0 saturated carbocycles. The van der Waals surface area contributed by atoms with Gasteiger partial charge in [-0.05, 0) is 66.9 Å². The minimum absolute atomic E-state index is 0.194. The molecule has 1 heterocycles. The molecule has 0 fully saturated rings. The third-order valence-corrected chi connectivity index (χ3v) is 5.17. The number of para-hydroxylation sites is 2. The number of halogens is 1. The minimum Gasteiger partial charge on any atom is -0.490 e. The van der Waals surface area contributed by atoms with E-state index in [1.165, 1.54) is 12.1 Å². The van der Waals surface area contributed by atoms with Crippen molar-refractivity contribution >= 4 is 22.7 Å². The summed E-state index contributed by atoms with van der Waals surface area (Å²) in [7, 11) is 0. The van der Waals surface area contributed by atoms with Crippen LogP contribution in [0.4, 0.5) is 4.39 Å². The van der Waals surface area contributed by atoms with Gasteiger partial charge < -0.3 is 14.5 Å². The maximum Gasteiger partial charge on any atom is 0.165 e. The van der Waals surface area contributed by atoms with Crippen molar-refractivity contribution in [3.8, 4) is 17.6 Å². The van der Waals surface area contributed by atoms with Gasteiger partial charge in [0.15, 0.2) is 11.5 Å². The molecule has 0 unspecified atom stereocenters. The number of hydrogen-bond donors (Lipinski definition) is 1. The quantitative estimate of drug-likeness (QED) is 0.233. The van der Waals surface area contributed by atoms with Gasteiger partial charge in [0.25, 0.3) is 0 Å². The molecular weight excluding hydrogens is 429 g/mol. The molecule has 0 radical (unpaired) electrons. The van der Waals surface area contributed by atoms with Gasteiger partial charge in [-0.2, -0.15) is 5.26 Å². The number of nitrogens with one attached hydrogen (secondary N) is 1. The van der Waals surface area contributed by atoms with Gasteiger partial charge >= 0.3 is 0 Å². The average molecular weight is 454 g/mol. The molecule has 6 heteroatoms. The fourth-order valence-corrected chi connectivity index (χ4v) is 3.68. The SMILES string of the molecule is C=CCc1cc(/C=C(\C#N)c2nc3ccccc3[nH]2)cc(OCC)c1OCc1cccc(F)c1. The van der Waals surface area contributed by atoms with Gasteiger partial charge in [-0.3, -0.25) is 0 Å². The van der Waals surface area contributed by atoms with Gasteiger partial charge in [-0.15, -0.1) is 6.58 Å². The second-order valence-electron chi connectivity index (χ2n) is 7.62. The molecule has 0 aliphatic rings. The minimum atomic E-state index is -0.312. The Morgan fingerprint density at radius 2 is 2.00 bits per heavy atom. The number of aromatic nitrogens is 2. The molecule has 0 spiro atoms. The van der Waals surface area contributed by atoms with E-state index in [2.05, 4.69) is 22.6 Å². The summed E-state index contributed by atoms with van der Waals surface area (Å²) in [6, 6.07) is 19.9. The standard InChI is InChI=1S/C28H24FN3O2/c1-3-8-21-13-20(14-22(17-30)28-31-24-11-5-6-12-25(24)32-28)16-26(33-4-2)27(21)34-18-19-9-7-10-23(29)15-19/h3,5-7,9-16H,1,4,8,18H2,2H3,(H,31,32)/b22-14+. The Hall–Kier alpha value is -4.37. The maximum absolute atomic E-state index is 13.6. The Morgan fingerprint density at radius 3 is 2.74 bits per heavy atom. The monoisotopic (exact) mass is 453 g/mol. The number of benzene rings is 3. The Kier molecular flexibility index (Phi) is 7.04. The van der Waals surface area contributed by atoms with Gasteiger partial charge in [0.2, 0.25) is 0 Å². The van der Waals surface area contributed by atoms with Crippen molar-refractivity contribution < 1.29 is 13.9 Å². The summed E-state index contributed by atoms with van der Waals surface area (Å²) >= 11 is 0.